The molecule has 0 spiro atoms. The van der Waals surface area contributed by atoms with Crippen molar-refractivity contribution in [2.45, 2.75) is 37.6 Å². The van der Waals surface area contributed by atoms with Gasteiger partial charge in [-0.1, -0.05) is 13.0 Å². The summed E-state index contributed by atoms with van der Waals surface area (Å²) in [6.07, 6.45) is 2.28. The summed E-state index contributed by atoms with van der Waals surface area (Å²) in [5.74, 6) is 0.759. The van der Waals surface area contributed by atoms with Crippen LogP contribution in [0, 0.1) is 12.8 Å². The van der Waals surface area contributed by atoms with Crippen LogP contribution in [0.2, 0.25) is 0 Å². The first-order chi connectivity index (χ1) is 7.88. The highest BCUT2D eigenvalue weighted by Gasteiger charge is 2.25. The Balaban J connectivity index is 2.24. The number of rotatable bonds is 3. The maximum Gasteiger partial charge on any atom is 0.238 e. The number of nitrogens with two attached hydrogens (primary N) is 1. The summed E-state index contributed by atoms with van der Waals surface area (Å²) in [4.78, 5) is 0.204. The standard InChI is InChI=1S/C12H18N2O2S/c1-8-6-10(7-8)14-11-4-3-5-12(9(11)2)17(13,15)16/h3-5,8,10,14H,6-7H2,1-2H3,(H2,13,15,16). The van der Waals surface area contributed by atoms with Crippen LogP contribution < -0.4 is 10.5 Å². The van der Waals surface area contributed by atoms with Crippen LogP contribution in [0.1, 0.15) is 25.3 Å². The van der Waals surface area contributed by atoms with Gasteiger partial charge in [0.05, 0.1) is 4.90 Å². The molecule has 0 radical (unpaired) electrons. The normalized spacial score (nSPS) is 24.2. The average molecular weight is 254 g/mol. The monoisotopic (exact) mass is 254 g/mol. The summed E-state index contributed by atoms with van der Waals surface area (Å²) in [7, 11) is -3.63. The Labute approximate surface area is 102 Å². The second-order valence-corrected chi connectivity index (χ2v) is 6.42. The van der Waals surface area contributed by atoms with Gasteiger partial charge in [-0.05, 0) is 43.4 Å². The van der Waals surface area contributed by atoms with E-state index in [-0.39, 0.29) is 4.90 Å². The van der Waals surface area contributed by atoms with Gasteiger partial charge in [0, 0.05) is 11.7 Å². The third kappa shape index (κ3) is 2.61. The molecule has 0 aliphatic heterocycles. The van der Waals surface area contributed by atoms with Crippen LogP contribution in [-0.2, 0) is 10.0 Å². The molecule has 1 saturated carbocycles. The summed E-state index contributed by atoms with van der Waals surface area (Å²) in [5, 5.41) is 8.54. The fraction of sp³-hybridized carbons (Fsp3) is 0.500. The fourth-order valence-corrected chi connectivity index (χ4v) is 3.12. The Bertz CT molecular complexity index is 519. The molecule has 0 bridgehead atoms. The van der Waals surface area contributed by atoms with Crippen molar-refractivity contribution in [3.05, 3.63) is 23.8 Å². The lowest BCUT2D eigenvalue weighted by Crippen LogP contribution is -2.34. The largest absolute Gasteiger partial charge is 0.382 e. The Hall–Kier alpha value is -1.07. The highest BCUT2D eigenvalue weighted by Crippen LogP contribution is 2.31. The second-order valence-electron chi connectivity index (χ2n) is 4.89. The van der Waals surface area contributed by atoms with Gasteiger partial charge in [-0.15, -0.1) is 0 Å². The zero-order valence-electron chi connectivity index (χ0n) is 10.1. The molecule has 5 heteroatoms. The maximum absolute atomic E-state index is 11.4. The van der Waals surface area contributed by atoms with Gasteiger partial charge in [0.2, 0.25) is 10.0 Å². The molecular formula is C12H18N2O2S. The highest BCUT2D eigenvalue weighted by molar-refractivity contribution is 7.89. The van der Waals surface area contributed by atoms with E-state index in [4.69, 9.17) is 5.14 Å². The fourth-order valence-electron chi connectivity index (χ4n) is 2.32. The molecule has 17 heavy (non-hydrogen) atoms. The number of anilines is 1. The molecule has 1 aromatic rings. The first-order valence-electron chi connectivity index (χ1n) is 5.77. The molecule has 1 aromatic carbocycles. The number of primary sulfonamides is 1. The van der Waals surface area contributed by atoms with E-state index in [2.05, 4.69) is 12.2 Å². The first-order valence-corrected chi connectivity index (χ1v) is 7.31. The number of hydrogen-bond donors (Lipinski definition) is 2. The number of sulfonamides is 1. The van der Waals surface area contributed by atoms with Crippen LogP contribution in [-0.4, -0.2) is 14.5 Å². The van der Waals surface area contributed by atoms with E-state index in [1.54, 1.807) is 19.1 Å². The van der Waals surface area contributed by atoms with Crippen molar-refractivity contribution in [3.63, 3.8) is 0 Å². The molecule has 94 valence electrons. The average Bonchev–Trinajstić information content (AvgIpc) is 2.16. The van der Waals surface area contributed by atoms with E-state index < -0.39 is 10.0 Å². The van der Waals surface area contributed by atoms with Crippen LogP contribution in [0.4, 0.5) is 5.69 Å². The lowest BCUT2D eigenvalue weighted by atomic mass is 9.82. The van der Waals surface area contributed by atoms with Crippen LogP contribution in [0.5, 0.6) is 0 Å². The van der Waals surface area contributed by atoms with Crippen molar-refractivity contribution in [2.24, 2.45) is 11.1 Å². The predicted octanol–water partition coefficient (Wildman–Crippen LogP) is 1.85. The van der Waals surface area contributed by atoms with E-state index in [9.17, 15) is 8.42 Å². The minimum Gasteiger partial charge on any atom is -0.382 e. The van der Waals surface area contributed by atoms with Gasteiger partial charge < -0.3 is 5.32 Å². The highest BCUT2D eigenvalue weighted by atomic mass is 32.2. The molecule has 0 heterocycles. The van der Waals surface area contributed by atoms with E-state index >= 15 is 0 Å². The van der Waals surface area contributed by atoms with Gasteiger partial charge in [-0.3, -0.25) is 0 Å². The smallest absolute Gasteiger partial charge is 0.238 e. The van der Waals surface area contributed by atoms with Crippen molar-refractivity contribution in [1.82, 2.24) is 0 Å². The van der Waals surface area contributed by atoms with E-state index in [0.29, 0.717) is 11.6 Å². The molecule has 3 N–H and O–H groups in total. The number of benzene rings is 1. The van der Waals surface area contributed by atoms with Gasteiger partial charge >= 0.3 is 0 Å². The molecular weight excluding hydrogens is 236 g/mol. The van der Waals surface area contributed by atoms with Crippen molar-refractivity contribution >= 4 is 15.7 Å². The van der Waals surface area contributed by atoms with Crippen LogP contribution >= 0.6 is 0 Å². The Morgan fingerprint density at radius 3 is 2.53 bits per heavy atom. The zero-order chi connectivity index (χ0) is 12.6. The molecule has 0 saturated heterocycles. The maximum atomic E-state index is 11.4. The van der Waals surface area contributed by atoms with Crippen molar-refractivity contribution < 1.29 is 8.42 Å². The van der Waals surface area contributed by atoms with Gasteiger partial charge in [0.25, 0.3) is 0 Å². The molecule has 4 nitrogen and oxygen atoms in total. The van der Waals surface area contributed by atoms with Crippen LogP contribution in [0.15, 0.2) is 23.1 Å². The number of hydrogen-bond acceptors (Lipinski definition) is 3. The Morgan fingerprint density at radius 2 is 2.00 bits per heavy atom. The minimum absolute atomic E-state index is 0.204. The summed E-state index contributed by atoms with van der Waals surface area (Å²) in [6.45, 7) is 4.00. The first kappa shape index (κ1) is 12.4. The Kier molecular flexibility index (Phi) is 3.14. The van der Waals surface area contributed by atoms with Crippen LogP contribution in [0.25, 0.3) is 0 Å². The number of nitrogens with one attached hydrogen (secondary N) is 1. The quantitative estimate of drug-likeness (QED) is 0.864. The van der Waals surface area contributed by atoms with E-state index in [0.717, 1.165) is 24.4 Å². The molecule has 1 aliphatic carbocycles. The van der Waals surface area contributed by atoms with Gasteiger partial charge in [0.15, 0.2) is 0 Å². The van der Waals surface area contributed by atoms with Crippen molar-refractivity contribution in [1.29, 1.82) is 0 Å². The molecule has 1 fully saturated rings. The molecule has 0 unspecified atom stereocenters. The molecule has 0 aromatic heterocycles. The molecule has 0 atom stereocenters. The van der Waals surface area contributed by atoms with E-state index in [1.807, 2.05) is 6.07 Å². The van der Waals surface area contributed by atoms with E-state index in [1.165, 1.54) is 0 Å². The predicted molar refractivity (Wildman–Crippen MR) is 68.4 cm³/mol. The van der Waals surface area contributed by atoms with Crippen LogP contribution in [0.3, 0.4) is 0 Å². The summed E-state index contributed by atoms with van der Waals surface area (Å²) < 4.78 is 22.8. The molecule has 0 amide bonds. The summed E-state index contributed by atoms with van der Waals surface area (Å²) in [6, 6.07) is 5.61. The third-order valence-electron chi connectivity index (χ3n) is 3.32. The summed E-state index contributed by atoms with van der Waals surface area (Å²) in [5.41, 5.74) is 1.57. The SMILES string of the molecule is Cc1c(NC2CC(C)C2)cccc1S(N)(=O)=O. The second kappa shape index (κ2) is 4.31. The topological polar surface area (TPSA) is 72.2 Å². The molecule has 1 aliphatic rings. The minimum atomic E-state index is -3.63. The van der Waals surface area contributed by atoms with Gasteiger partial charge in [-0.25, -0.2) is 13.6 Å². The van der Waals surface area contributed by atoms with Gasteiger partial charge in [-0.2, -0.15) is 0 Å². The molecule has 2 rings (SSSR count). The third-order valence-corrected chi connectivity index (χ3v) is 4.38. The lowest BCUT2D eigenvalue weighted by Gasteiger charge is -2.34. The van der Waals surface area contributed by atoms with Crippen molar-refractivity contribution in [3.8, 4) is 0 Å². The van der Waals surface area contributed by atoms with Crippen molar-refractivity contribution in [2.75, 3.05) is 5.32 Å². The lowest BCUT2D eigenvalue weighted by molar-refractivity contribution is 0.309. The van der Waals surface area contributed by atoms with Gasteiger partial charge in [0.1, 0.15) is 0 Å². The Morgan fingerprint density at radius 1 is 1.35 bits per heavy atom. The zero-order valence-corrected chi connectivity index (χ0v) is 10.9. The summed E-state index contributed by atoms with van der Waals surface area (Å²) >= 11 is 0.